The maximum Gasteiger partial charge on any atom is 0.320 e. The molecule has 0 unspecified atom stereocenters. The first-order valence-electron chi connectivity index (χ1n) is 8.78. The molecule has 3 N–H and O–H groups in total. The van der Waals surface area contributed by atoms with Crippen molar-refractivity contribution in [3.63, 3.8) is 0 Å². The molecule has 2 heterocycles. The first kappa shape index (κ1) is 17.9. The summed E-state index contributed by atoms with van der Waals surface area (Å²) in [6.45, 7) is 5.23. The fraction of sp³-hybridized carbons (Fsp3) is 0.389. The molecule has 7 nitrogen and oxygen atoms in total. The van der Waals surface area contributed by atoms with E-state index >= 15 is 0 Å². The standard InChI is InChI=1S/C18H23FN6O/c1-3-9-25-17(10-12(2)24-25)23-18(26)20-8-4-5-16-21-14-7-6-13(19)11-15(14)22-16/h6-7,10-11H,3-5,8-9H2,1-2H3,(H,21,22)(H2,20,23,26). The van der Waals surface area contributed by atoms with Crippen LogP contribution in [0.3, 0.4) is 0 Å². The smallest absolute Gasteiger partial charge is 0.320 e. The highest BCUT2D eigenvalue weighted by Crippen LogP contribution is 2.14. The number of carbonyl (C=O) groups excluding carboxylic acids is 1. The van der Waals surface area contributed by atoms with Crippen molar-refractivity contribution in [3.05, 3.63) is 41.6 Å². The number of hydrogen-bond acceptors (Lipinski definition) is 3. The number of urea groups is 1. The van der Waals surface area contributed by atoms with Crippen molar-refractivity contribution >= 4 is 22.9 Å². The predicted octanol–water partition coefficient (Wildman–Crippen LogP) is 3.37. The van der Waals surface area contributed by atoms with E-state index in [9.17, 15) is 9.18 Å². The lowest BCUT2D eigenvalue weighted by Crippen LogP contribution is -2.30. The number of H-pyrrole nitrogens is 1. The summed E-state index contributed by atoms with van der Waals surface area (Å²) < 4.78 is 15.0. The van der Waals surface area contributed by atoms with Crippen LogP contribution in [-0.4, -0.2) is 32.3 Å². The van der Waals surface area contributed by atoms with Crippen LogP contribution in [0, 0.1) is 12.7 Å². The molecule has 138 valence electrons. The number of benzene rings is 1. The fourth-order valence-corrected chi connectivity index (χ4v) is 2.80. The lowest BCUT2D eigenvalue weighted by molar-refractivity contribution is 0.251. The normalized spacial score (nSPS) is 11.0. The number of carbonyl (C=O) groups is 1. The van der Waals surface area contributed by atoms with Crippen molar-refractivity contribution in [2.75, 3.05) is 11.9 Å². The zero-order valence-electron chi connectivity index (χ0n) is 15.0. The van der Waals surface area contributed by atoms with E-state index in [1.165, 1.54) is 12.1 Å². The van der Waals surface area contributed by atoms with E-state index in [1.54, 1.807) is 10.7 Å². The lowest BCUT2D eigenvalue weighted by Gasteiger charge is -2.09. The summed E-state index contributed by atoms with van der Waals surface area (Å²) in [6.07, 6.45) is 2.34. The van der Waals surface area contributed by atoms with Gasteiger partial charge in [0.25, 0.3) is 0 Å². The number of imidazole rings is 1. The van der Waals surface area contributed by atoms with Crippen molar-refractivity contribution < 1.29 is 9.18 Å². The largest absolute Gasteiger partial charge is 0.342 e. The summed E-state index contributed by atoms with van der Waals surface area (Å²) in [5, 5.41) is 10.0. The summed E-state index contributed by atoms with van der Waals surface area (Å²) in [6, 6.07) is 6.07. The SMILES string of the molecule is CCCn1nc(C)cc1NC(=O)NCCCc1nc2ccc(F)cc2[nH]1. The number of nitrogens with zero attached hydrogens (tertiary/aromatic N) is 3. The van der Waals surface area contributed by atoms with Gasteiger partial charge in [0.1, 0.15) is 17.5 Å². The quantitative estimate of drug-likeness (QED) is 0.566. The number of nitrogens with one attached hydrogen (secondary N) is 3. The van der Waals surface area contributed by atoms with Crippen molar-refractivity contribution in [1.82, 2.24) is 25.1 Å². The predicted molar refractivity (Wildman–Crippen MR) is 98.6 cm³/mol. The molecule has 0 aliphatic carbocycles. The average Bonchev–Trinajstić information content (AvgIpc) is 3.14. The zero-order chi connectivity index (χ0) is 18.5. The van der Waals surface area contributed by atoms with Crippen molar-refractivity contribution in [1.29, 1.82) is 0 Å². The van der Waals surface area contributed by atoms with Gasteiger partial charge in [-0.05, 0) is 38.0 Å². The summed E-state index contributed by atoms with van der Waals surface area (Å²) in [5.41, 5.74) is 2.30. The third-order valence-electron chi connectivity index (χ3n) is 3.95. The van der Waals surface area contributed by atoms with E-state index in [2.05, 4.69) is 32.6 Å². The van der Waals surface area contributed by atoms with Gasteiger partial charge in [-0.15, -0.1) is 0 Å². The molecule has 0 spiro atoms. The maximum absolute atomic E-state index is 13.2. The van der Waals surface area contributed by atoms with Crippen LogP contribution < -0.4 is 10.6 Å². The minimum absolute atomic E-state index is 0.256. The number of hydrogen-bond donors (Lipinski definition) is 3. The molecule has 0 radical (unpaired) electrons. The Kier molecular flexibility index (Phi) is 5.50. The molecule has 0 aliphatic rings. The van der Waals surface area contributed by atoms with Crippen LogP contribution in [0.2, 0.25) is 0 Å². The van der Waals surface area contributed by atoms with Crippen molar-refractivity contribution in [2.24, 2.45) is 0 Å². The number of amides is 2. The number of aromatic nitrogens is 4. The van der Waals surface area contributed by atoms with Crippen LogP contribution in [0.25, 0.3) is 11.0 Å². The summed E-state index contributed by atoms with van der Waals surface area (Å²) in [4.78, 5) is 19.5. The highest BCUT2D eigenvalue weighted by atomic mass is 19.1. The summed E-state index contributed by atoms with van der Waals surface area (Å²) in [7, 11) is 0. The molecule has 2 aromatic heterocycles. The molecule has 8 heteroatoms. The molecule has 0 saturated carbocycles. The van der Waals surface area contributed by atoms with E-state index < -0.39 is 0 Å². The van der Waals surface area contributed by atoms with Gasteiger partial charge in [0, 0.05) is 25.6 Å². The second kappa shape index (κ2) is 7.99. The van der Waals surface area contributed by atoms with Gasteiger partial charge in [0.2, 0.25) is 0 Å². The van der Waals surface area contributed by atoms with Gasteiger partial charge in [0.05, 0.1) is 16.7 Å². The molecule has 1 aromatic carbocycles. The van der Waals surface area contributed by atoms with Crippen LogP contribution in [0.4, 0.5) is 15.0 Å². The van der Waals surface area contributed by atoms with Crippen LogP contribution in [0.5, 0.6) is 0 Å². The highest BCUT2D eigenvalue weighted by molar-refractivity contribution is 5.88. The fourth-order valence-electron chi connectivity index (χ4n) is 2.80. The summed E-state index contributed by atoms with van der Waals surface area (Å²) in [5.74, 6) is 1.19. The van der Waals surface area contributed by atoms with E-state index in [4.69, 9.17) is 0 Å². The molecule has 26 heavy (non-hydrogen) atoms. The van der Waals surface area contributed by atoms with E-state index in [-0.39, 0.29) is 11.8 Å². The third kappa shape index (κ3) is 4.38. The Morgan fingerprint density at radius 2 is 2.19 bits per heavy atom. The number of fused-ring (bicyclic) bond motifs is 1. The Balaban J connectivity index is 1.46. The molecule has 2 amide bonds. The minimum Gasteiger partial charge on any atom is -0.342 e. The third-order valence-corrected chi connectivity index (χ3v) is 3.95. The molecule has 0 saturated heterocycles. The van der Waals surface area contributed by atoms with E-state index in [1.807, 2.05) is 13.0 Å². The van der Waals surface area contributed by atoms with Gasteiger partial charge in [-0.1, -0.05) is 6.92 Å². The Labute approximate surface area is 151 Å². The molecule has 3 aromatic rings. The number of halogens is 1. The first-order valence-corrected chi connectivity index (χ1v) is 8.78. The van der Waals surface area contributed by atoms with Crippen LogP contribution in [0.15, 0.2) is 24.3 Å². The van der Waals surface area contributed by atoms with Crippen LogP contribution in [0.1, 0.15) is 31.3 Å². The Bertz CT molecular complexity index is 900. The molecule has 0 atom stereocenters. The van der Waals surface area contributed by atoms with Gasteiger partial charge in [0.15, 0.2) is 0 Å². The average molecular weight is 358 g/mol. The number of rotatable bonds is 7. The minimum atomic E-state index is -0.288. The van der Waals surface area contributed by atoms with Gasteiger partial charge in [-0.25, -0.2) is 18.9 Å². The number of aromatic amines is 1. The Morgan fingerprint density at radius 1 is 1.35 bits per heavy atom. The van der Waals surface area contributed by atoms with Gasteiger partial charge in [-0.3, -0.25) is 5.32 Å². The maximum atomic E-state index is 13.2. The molecule has 3 rings (SSSR count). The molecule has 0 fully saturated rings. The van der Waals surface area contributed by atoms with Gasteiger partial charge in [-0.2, -0.15) is 5.10 Å². The Morgan fingerprint density at radius 3 is 3.00 bits per heavy atom. The van der Waals surface area contributed by atoms with Gasteiger partial charge < -0.3 is 10.3 Å². The molecule has 0 bridgehead atoms. The number of anilines is 1. The van der Waals surface area contributed by atoms with Crippen molar-refractivity contribution in [2.45, 2.75) is 39.7 Å². The second-order valence-electron chi connectivity index (χ2n) is 6.22. The summed E-state index contributed by atoms with van der Waals surface area (Å²) >= 11 is 0. The lowest BCUT2D eigenvalue weighted by atomic mass is 10.3. The van der Waals surface area contributed by atoms with Crippen LogP contribution in [-0.2, 0) is 13.0 Å². The zero-order valence-corrected chi connectivity index (χ0v) is 15.0. The Hall–Kier alpha value is -2.90. The first-order chi connectivity index (χ1) is 12.5. The van der Waals surface area contributed by atoms with Crippen molar-refractivity contribution in [3.8, 4) is 0 Å². The second-order valence-corrected chi connectivity index (χ2v) is 6.22. The van der Waals surface area contributed by atoms with Crippen LogP contribution >= 0.6 is 0 Å². The number of aryl methyl sites for hydroxylation is 3. The topological polar surface area (TPSA) is 87.6 Å². The highest BCUT2D eigenvalue weighted by Gasteiger charge is 2.09. The molecular formula is C18H23FN6O. The van der Waals surface area contributed by atoms with E-state index in [0.717, 1.165) is 36.4 Å². The van der Waals surface area contributed by atoms with Gasteiger partial charge >= 0.3 is 6.03 Å². The molecule has 0 aliphatic heterocycles. The van der Waals surface area contributed by atoms with E-state index in [0.29, 0.717) is 24.3 Å². The monoisotopic (exact) mass is 358 g/mol. The molecular weight excluding hydrogens is 335 g/mol.